The summed E-state index contributed by atoms with van der Waals surface area (Å²) in [7, 11) is 0. The van der Waals surface area contributed by atoms with E-state index in [0.717, 1.165) is 25.4 Å². The highest BCUT2D eigenvalue weighted by Crippen LogP contribution is 2.28. The molecule has 0 radical (unpaired) electrons. The van der Waals surface area contributed by atoms with Crippen LogP contribution in [0, 0.1) is 6.92 Å². The molecule has 0 saturated heterocycles. The molecule has 1 aromatic carbocycles. The molecule has 2 aromatic heterocycles. The zero-order valence-electron chi connectivity index (χ0n) is 13.5. The summed E-state index contributed by atoms with van der Waals surface area (Å²) >= 11 is 8.91. The third-order valence-corrected chi connectivity index (χ3v) is 5.62. The fourth-order valence-electron chi connectivity index (χ4n) is 2.22. The van der Waals surface area contributed by atoms with Gasteiger partial charge in [0, 0.05) is 34.3 Å². The van der Waals surface area contributed by atoms with Crippen molar-refractivity contribution in [3.63, 3.8) is 0 Å². The third-order valence-electron chi connectivity index (χ3n) is 3.45. The van der Waals surface area contributed by atoms with E-state index in [0.29, 0.717) is 18.0 Å². The van der Waals surface area contributed by atoms with Gasteiger partial charge in [-0.3, -0.25) is 4.79 Å². The number of thiophene rings is 1. The van der Waals surface area contributed by atoms with Crippen LogP contribution in [0.15, 0.2) is 58.8 Å². The van der Waals surface area contributed by atoms with Crippen molar-refractivity contribution >= 4 is 46.3 Å². The summed E-state index contributed by atoms with van der Waals surface area (Å²) in [5.74, 6) is -0.000539. The first-order valence-corrected chi connectivity index (χ1v) is 9.71. The smallest absolute Gasteiger partial charge is 0.224 e. The lowest BCUT2D eigenvalue weighted by atomic mass is 10.2. The Morgan fingerprint density at radius 3 is 2.72 bits per heavy atom. The lowest BCUT2D eigenvalue weighted by molar-refractivity contribution is -0.116. The van der Waals surface area contributed by atoms with Gasteiger partial charge in [0.1, 0.15) is 0 Å². The molecule has 128 valence electrons. The minimum Gasteiger partial charge on any atom is -0.326 e. The van der Waals surface area contributed by atoms with Gasteiger partial charge in [-0.1, -0.05) is 11.6 Å². The second kappa shape index (κ2) is 8.47. The number of carbonyl (C=O) groups excluding carboxylic acids is 1. The van der Waals surface area contributed by atoms with Crippen LogP contribution in [0.25, 0.3) is 0 Å². The summed E-state index contributed by atoms with van der Waals surface area (Å²) in [6, 6.07) is 11.5. The van der Waals surface area contributed by atoms with Crippen molar-refractivity contribution in [2.24, 2.45) is 0 Å². The van der Waals surface area contributed by atoms with Crippen LogP contribution in [0.4, 0.5) is 5.69 Å². The molecule has 0 atom stereocenters. The molecule has 0 saturated carbocycles. The number of amides is 1. The fraction of sp³-hybridized carbons (Fsp3) is 0.167. The van der Waals surface area contributed by atoms with Crippen LogP contribution in [-0.2, 0) is 11.2 Å². The molecule has 1 N–H and O–H groups in total. The van der Waals surface area contributed by atoms with E-state index in [2.05, 4.69) is 15.3 Å². The van der Waals surface area contributed by atoms with Crippen molar-refractivity contribution < 1.29 is 4.79 Å². The van der Waals surface area contributed by atoms with E-state index in [-0.39, 0.29) is 5.91 Å². The Kier molecular flexibility index (Phi) is 6.07. The Morgan fingerprint density at radius 2 is 2.04 bits per heavy atom. The number of aromatic nitrogens is 2. The second-order valence-corrected chi connectivity index (χ2v) is 8.20. The number of halogens is 1. The van der Waals surface area contributed by atoms with Crippen molar-refractivity contribution in [3.8, 4) is 0 Å². The maximum atomic E-state index is 12.2. The molecular formula is C18H16ClN3OS2. The highest BCUT2D eigenvalue weighted by atomic mass is 35.5. The summed E-state index contributed by atoms with van der Waals surface area (Å²) in [6.45, 7) is 1.98. The first-order chi connectivity index (χ1) is 12.1. The van der Waals surface area contributed by atoms with Gasteiger partial charge in [0.2, 0.25) is 5.91 Å². The van der Waals surface area contributed by atoms with E-state index in [4.69, 9.17) is 11.6 Å². The first-order valence-electron chi connectivity index (χ1n) is 7.70. The Bertz CT molecular complexity index is 868. The van der Waals surface area contributed by atoms with Crippen LogP contribution < -0.4 is 5.32 Å². The average molecular weight is 390 g/mol. The van der Waals surface area contributed by atoms with E-state index in [1.54, 1.807) is 18.5 Å². The first kappa shape index (κ1) is 17.9. The normalized spacial score (nSPS) is 10.6. The van der Waals surface area contributed by atoms with Crippen molar-refractivity contribution in [2.75, 3.05) is 5.32 Å². The Hall–Kier alpha value is -1.89. The standard InChI is InChI=1S/C18H16ClN3OS2/c1-12-11-14(25-18-20-9-2-10-21-18)3-6-15(12)22-17(23)8-5-13-4-7-16(19)24-13/h2-4,6-7,9-11H,5,8H2,1H3,(H,22,23). The lowest BCUT2D eigenvalue weighted by Gasteiger charge is -2.09. The van der Waals surface area contributed by atoms with Gasteiger partial charge in [-0.25, -0.2) is 9.97 Å². The molecule has 0 unspecified atom stereocenters. The zero-order chi connectivity index (χ0) is 17.6. The molecule has 7 heteroatoms. The topological polar surface area (TPSA) is 54.9 Å². The van der Waals surface area contributed by atoms with Gasteiger partial charge < -0.3 is 5.32 Å². The van der Waals surface area contributed by atoms with E-state index in [1.165, 1.54) is 23.1 Å². The predicted molar refractivity (Wildman–Crippen MR) is 104 cm³/mol. The Labute approximate surface area is 159 Å². The molecule has 1 amide bonds. The number of rotatable bonds is 6. The molecule has 3 rings (SSSR count). The largest absolute Gasteiger partial charge is 0.326 e. The van der Waals surface area contributed by atoms with Gasteiger partial charge in [-0.05, 0) is 67.1 Å². The van der Waals surface area contributed by atoms with Crippen LogP contribution in [0.1, 0.15) is 16.9 Å². The van der Waals surface area contributed by atoms with Gasteiger partial charge in [0.05, 0.1) is 4.34 Å². The number of nitrogens with one attached hydrogen (secondary N) is 1. The van der Waals surface area contributed by atoms with Gasteiger partial charge in [-0.2, -0.15) is 0 Å². The predicted octanol–water partition coefficient (Wildman–Crippen LogP) is 5.22. The number of aryl methyl sites for hydroxylation is 2. The third kappa shape index (κ3) is 5.29. The van der Waals surface area contributed by atoms with Crippen LogP contribution in [0.3, 0.4) is 0 Å². The molecule has 2 heterocycles. The molecule has 25 heavy (non-hydrogen) atoms. The number of hydrogen-bond acceptors (Lipinski definition) is 5. The van der Waals surface area contributed by atoms with E-state index >= 15 is 0 Å². The van der Waals surface area contributed by atoms with Crippen molar-refractivity contribution in [1.82, 2.24) is 9.97 Å². The van der Waals surface area contributed by atoms with Crippen LogP contribution in [0.2, 0.25) is 4.34 Å². The molecular weight excluding hydrogens is 374 g/mol. The maximum absolute atomic E-state index is 12.2. The zero-order valence-corrected chi connectivity index (χ0v) is 15.9. The summed E-state index contributed by atoms with van der Waals surface area (Å²) in [4.78, 5) is 22.7. The van der Waals surface area contributed by atoms with Gasteiger partial charge in [0.15, 0.2) is 5.16 Å². The lowest BCUT2D eigenvalue weighted by Crippen LogP contribution is -2.12. The summed E-state index contributed by atoms with van der Waals surface area (Å²) in [6.07, 6.45) is 4.57. The molecule has 0 spiro atoms. The van der Waals surface area contributed by atoms with E-state index in [9.17, 15) is 4.79 Å². The average Bonchev–Trinajstić information content (AvgIpc) is 3.02. The number of nitrogens with zero attached hydrogens (tertiary/aromatic N) is 2. The van der Waals surface area contributed by atoms with Crippen molar-refractivity contribution in [2.45, 2.75) is 29.8 Å². The SMILES string of the molecule is Cc1cc(Sc2ncccn2)ccc1NC(=O)CCc1ccc(Cl)s1. The summed E-state index contributed by atoms with van der Waals surface area (Å²) in [5.41, 5.74) is 1.83. The fourth-order valence-corrected chi connectivity index (χ4v) is 4.12. The van der Waals surface area contributed by atoms with Crippen LogP contribution >= 0.6 is 34.7 Å². The van der Waals surface area contributed by atoms with Crippen LogP contribution in [0.5, 0.6) is 0 Å². The minimum atomic E-state index is -0.000539. The van der Waals surface area contributed by atoms with E-state index in [1.807, 2.05) is 37.3 Å². The molecule has 4 nitrogen and oxygen atoms in total. The number of carbonyl (C=O) groups is 1. The number of anilines is 1. The van der Waals surface area contributed by atoms with Crippen molar-refractivity contribution in [1.29, 1.82) is 0 Å². The Morgan fingerprint density at radius 1 is 1.24 bits per heavy atom. The Balaban J connectivity index is 1.58. The number of benzene rings is 1. The highest BCUT2D eigenvalue weighted by molar-refractivity contribution is 7.99. The van der Waals surface area contributed by atoms with Gasteiger partial charge in [0.25, 0.3) is 0 Å². The van der Waals surface area contributed by atoms with Gasteiger partial charge in [-0.15, -0.1) is 11.3 Å². The molecule has 0 aliphatic carbocycles. The van der Waals surface area contributed by atoms with Crippen LogP contribution in [-0.4, -0.2) is 15.9 Å². The molecule has 0 fully saturated rings. The maximum Gasteiger partial charge on any atom is 0.224 e. The molecule has 3 aromatic rings. The highest BCUT2D eigenvalue weighted by Gasteiger charge is 2.08. The van der Waals surface area contributed by atoms with Gasteiger partial charge >= 0.3 is 0 Å². The molecule has 0 aliphatic rings. The summed E-state index contributed by atoms with van der Waals surface area (Å²) in [5, 5.41) is 3.67. The quantitative estimate of drug-likeness (QED) is 0.587. The number of hydrogen-bond donors (Lipinski definition) is 1. The summed E-state index contributed by atoms with van der Waals surface area (Å²) < 4.78 is 0.752. The minimum absolute atomic E-state index is 0.000539. The van der Waals surface area contributed by atoms with Crippen molar-refractivity contribution in [3.05, 3.63) is 63.6 Å². The molecule has 0 bridgehead atoms. The monoisotopic (exact) mass is 389 g/mol. The van der Waals surface area contributed by atoms with E-state index < -0.39 is 0 Å². The molecule has 0 aliphatic heterocycles. The second-order valence-electron chi connectivity index (χ2n) is 5.36.